The molecule has 4 nitrogen and oxygen atoms in total. The molecule has 1 fully saturated rings. The molecule has 1 aliphatic rings. The summed E-state index contributed by atoms with van der Waals surface area (Å²) >= 11 is 0. The van der Waals surface area contributed by atoms with E-state index in [0.29, 0.717) is 19.5 Å². The third-order valence-electron chi connectivity index (χ3n) is 3.32. The van der Waals surface area contributed by atoms with Gasteiger partial charge in [0.1, 0.15) is 0 Å². The predicted octanol–water partition coefficient (Wildman–Crippen LogP) is 2.90. The maximum Gasteiger partial charge on any atom is 0.243 e. The number of rotatable bonds is 11. The van der Waals surface area contributed by atoms with E-state index >= 15 is 0 Å². The number of hydrogen-bond donors (Lipinski definition) is 2. The average Bonchev–Trinajstić information content (AvgIpc) is 2.99. The Morgan fingerprint density at radius 1 is 1.14 bits per heavy atom. The highest BCUT2D eigenvalue weighted by Crippen LogP contribution is 2.39. The Balaban J connectivity index is 1.84. The Morgan fingerprint density at radius 3 is 2.67 bits per heavy atom. The zero-order valence-corrected chi connectivity index (χ0v) is 14.2. The Labute approximate surface area is 135 Å². The molecule has 1 rings (SSSR count). The van der Waals surface area contributed by atoms with E-state index < -0.39 is 0 Å². The van der Waals surface area contributed by atoms with Gasteiger partial charge in [-0.3, -0.25) is 9.59 Å². The van der Waals surface area contributed by atoms with Crippen LogP contribution in [0.15, 0.2) is 12.7 Å². The van der Waals surface area contributed by atoms with Crippen LogP contribution < -0.4 is 10.6 Å². The molecule has 21 heavy (non-hydrogen) atoms. The van der Waals surface area contributed by atoms with Crippen LogP contribution in [0, 0.1) is 0 Å². The van der Waals surface area contributed by atoms with E-state index in [-0.39, 0.29) is 11.8 Å². The number of hydrogen-bond acceptors (Lipinski definition) is 4. The molecule has 0 spiro atoms. The SMILES string of the molecule is C=CC(=O)NCCCNC(=O)CCCCCC1CCSS1. The van der Waals surface area contributed by atoms with Crippen LogP contribution >= 0.6 is 21.6 Å². The van der Waals surface area contributed by atoms with Gasteiger partial charge in [0.25, 0.3) is 0 Å². The lowest BCUT2D eigenvalue weighted by Crippen LogP contribution is -2.28. The van der Waals surface area contributed by atoms with Crippen LogP contribution in [0.4, 0.5) is 0 Å². The molecule has 2 N–H and O–H groups in total. The van der Waals surface area contributed by atoms with E-state index in [2.05, 4.69) is 17.2 Å². The monoisotopic (exact) mass is 330 g/mol. The van der Waals surface area contributed by atoms with E-state index in [1.807, 2.05) is 21.6 Å². The van der Waals surface area contributed by atoms with Crippen molar-refractivity contribution in [2.75, 3.05) is 18.8 Å². The fourth-order valence-corrected chi connectivity index (χ4v) is 5.11. The highest BCUT2D eigenvalue weighted by molar-refractivity contribution is 8.77. The normalized spacial score (nSPS) is 17.4. The first-order chi connectivity index (χ1) is 10.2. The largest absolute Gasteiger partial charge is 0.356 e. The van der Waals surface area contributed by atoms with Gasteiger partial charge in [0.2, 0.25) is 11.8 Å². The van der Waals surface area contributed by atoms with E-state index in [4.69, 9.17) is 0 Å². The summed E-state index contributed by atoms with van der Waals surface area (Å²) in [7, 11) is 4.02. The second kappa shape index (κ2) is 12.0. The summed E-state index contributed by atoms with van der Waals surface area (Å²) in [5.74, 6) is 1.25. The van der Waals surface area contributed by atoms with Gasteiger partial charge in [-0.05, 0) is 31.8 Å². The van der Waals surface area contributed by atoms with Gasteiger partial charge < -0.3 is 10.6 Å². The maximum absolute atomic E-state index is 11.6. The standard InChI is InChI=1S/C15H26N2O2S2/c1-2-14(18)16-10-6-11-17-15(19)8-5-3-4-7-13-9-12-20-21-13/h2,13H,1,3-12H2,(H,16,18)(H,17,19). The van der Waals surface area contributed by atoms with Crippen LogP contribution in [-0.4, -0.2) is 35.9 Å². The number of carbonyl (C=O) groups is 2. The number of amides is 2. The van der Waals surface area contributed by atoms with Crippen molar-refractivity contribution in [3.8, 4) is 0 Å². The summed E-state index contributed by atoms with van der Waals surface area (Å²) in [5, 5.41) is 6.41. The summed E-state index contributed by atoms with van der Waals surface area (Å²) in [6, 6.07) is 0. The Bertz CT molecular complexity index is 332. The lowest BCUT2D eigenvalue weighted by molar-refractivity contribution is -0.121. The molecule has 1 saturated heterocycles. The van der Waals surface area contributed by atoms with Crippen molar-refractivity contribution < 1.29 is 9.59 Å². The van der Waals surface area contributed by atoms with Crippen molar-refractivity contribution in [3.63, 3.8) is 0 Å². The zero-order valence-electron chi connectivity index (χ0n) is 12.6. The zero-order chi connectivity index (χ0) is 15.3. The van der Waals surface area contributed by atoms with Crippen LogP contribution in [-0.2, 0) is 9.59 Å². The number of unbranched alkanes of at least 4 members (excludes halogenated alkanes) is 2. The van der Waals surface area contributed by atoms with Crippen molar-refractivity contribution in [1.82, 2.24) is 10.6 Å². The van der Waals surface area contributed by atoms with E-state index in [9.17, 15) is 9.59 Å². The molecular formula is C15H26N2O2S2. The molecule has 2 amide bonds. The predicted molar refractivity (Wildman–Crippen MR) is 92.4 cm³/mol. The molecule has 0 radical (unpaired) electrons. The van der Waals surface area contributed by atoms with Crippen molar-refractivity contribution in [3.05, 3.63) is 12.7 Å². The molecule has 0 bridgehead atoms. The molecule has 0 aromatic carbocycles. The number of carbonyl (C=O) groups excluding carboxylic acids is 2. The van der Waals surface area contributed by atoms with Crippen LogP contribution in [0.1, 0.15) is 44.9 Å². The second-order valence-corrected chi connectivity index (χ2v) is 7.91. The Hall–Kier alpha value is -0.620. The molecule has 1 atom stereocenters. The molecule has 0 saturated carbocycles. The van der Waals surface area contributed by atoms with Crippen LogP contribution in [0.2, 0.25) is 0 Å². The minimum Gasteiger partial charge on any atom is -0.356 e. The quantitative estimate of drug-likeness (QED) is 0.347. The molecule has 6 heteroatoms. The van der Waals surface area contributed by atoms with Crippen molar-refractivity contribution >= 4 is 33.4 Å². The van der Waals surface area contributed by atoms with Gasteiger partial charge in [-0.15, -0.1) is 0 Å². The Morgan fingerprint density at radius 2 is 1.95 bits per heavy atom. The molecule has 1 unspecified atom stereocenters. The van der Waals surface area contributed by atoms with E-state index in [0.717, 1.165) is 24.5 Å². The van der Waals surface area contributed by atoms with Gasteiger partial charge in [0.15, 0.2) is 0 Å². The fourth-order valence-electron chi connectivity index (χ4n) is 2.09. The highest BCUT2D eigenvalue weighted by Gasteiger charge is 2.15. The van der Waals surface area contributed by atoms with E-state index in [1.54, 1.807) is 0 Å². The van der Waals surface area contributed by atoms with Gasteiger partial charge in [-0.25, -0.2) is 0 Å². The van der Waals surface area contributed by atoms with Gasteiger partial charge in [-0.2, -0.15) is 0 Å². The summed E-state index contributed by atoms with van der Waals surface area (Å²) in [5.41, 5.74) is 0. The topological polar surface area (TPSA) is 58.2 Å². The molecule has 120 valence electrons. The molecule has 0 aliphatic carbocycles. The summed E-state index contributed by atoms with van der Waals surface area (Å²) in [6.45, 7) is 4.57. The van der Waals surface area contributed by atoms with Crippen LogP contribution in [0.5, 0.6) is 0 Å². The third-order valence-corrected chi connectivity index (χ3v) is 6.32. The van der Waals surface area contributed by atoms with Crippen LogP contribution in [0.25, 0.3) is 0 Å². The van der Waals surface area contributed by atoms with Gasteiger partial charge in [0, 0.05) is 30.5 Å². The van der Waals surface area contributed by atoms with Crippen molar-refractivity contribution in [2.24, 2.45) is 0 Å². The minimum atomic E-state index is -0.167. The maximum atomic E-state index is 11.6. The van der Waals surface area contributed by atoms with Gasteiger partial charge >= 0.3 is 0 Å². The van der Waals surface area contributed by atoms with Crippen molar-refractivity contribution in [1.29, 1.82) is 0 Å². The number of nitrogens with one attached hydrogen (secondary N) is 2. The first-order valence-corrected chi connectivity index (χ1v) is 10.1. The lowest BCUT2D eigenvalue weighted by atomic mass is 10.1. The smallest absolute Gasteiger partial charge is 0.243 e. The molecule has 1 heterocycles. The van der Waals surface area contributed by atoms with Crippen LogP contribution in [0.3, 0.4) is 0 Å². The summed E-state index contributed by atoms with van der Waals surface area (Å²) < 4.78 is 0. The summed E-state index contributed by atoms with van der Waals surface area (Å²) in [6.07, 6.45) is 8.61. The van der Waals surface area contributed by atoms with Gasteiger partial charge in [0.05, 0.1) is 0 Å². The lowest BCUT2D eigenvalue weighted by Gasteiger charge is -2.07. The first-order valence-electron chi connectivity index (χ1n) is 7.67. The minimum absolute atomic E-state index is 0.121. The molecule has 0 aromatic heterocycles. The van der Waals surface area contributed by atoms with Gasteiger partial charge in [-0.1, -0.05) is 41.0 Å². The average molecular weight is 331 g/mol. The molecule has 1 aliphatic heterocycles. The Kier molecular flexibility index (Phi) is 10.5. The third kappa shape index (κ3) is 9.85. The first kappa shape index (κ1) is 18.4. The van der Waals surface area contributed by atoms with Crippen molar-refractivity contribution in [2.45, 2.75) is 50.2 Å². The highest BCUT2D eigenvalue weighted by atomic mass is 33.1. The molecular weight excluding hydrogens is 304 g/mol. The second-order valence-electron chi connectivity index (χ2n) is 5.13. The summed E-state index contributed by atoms with van der Waals surface area (Å²) in [4.78, 5) is 22.5. The fraction of sp³-hybridized carbons (Fsp3) is 0.733. The van der Waals surface area contributed by atoms with E-state index in [1.165, 1.54) is 31.1 Å². The molecule has 0 aromatic rings.